The molecule has 2 fully saturated rings. The second-order valence-corrected chi connectivity index (χ2v) is 6.58. The van der Waals surface area contributed by atoms with Crippen LogP contribution in [0.2, 0.25) is 0 Å². The fraction of sp³-hybridized carbons (Fsp3) is 0.529. The normalized spacial score (nSPS) is 29.9. The zero-order valence-electron chi connectivity index (χ0n) is 12.9. The first-order valence-electron chi connectivity index (χ1n) is 7.87. The van der Waals surface area contributed by atoms with Crippen LogP contribution in [0.15, 0.2) is 30.3 Å². The lowest BCUT2D eigenvalue weighted by Gasteiger charge is -2.48. The number of hydrogen-bond donors (Lipinski definition) is 2. The van der Waals surface area contributed by atoms with Gasteiger partial charge in [0.1, 0.15) is 6.61 Å². The fourth-order valence-electron chi connectivity index (χ4n) is 3.65. The standard InChI is InChI=1S/C17H21NO5/c19-14-6-7-17(15(20)21)8-13(14)9-18(11-17)16(22)23-10-12-4-2-1-3-5-12/h1-5,13-14,19H,6-11H2,(H,20,21)/t13-,14-,17-/m1/s1. The number of likely N-dealkylation sites (tertiary alicyclic amines) is 1. The van der Waals surface area contributed by atoms with Crippen molar-refractivity contribution in [1.29, 1.82) is 0 Å². The molecule has 0 unspecified atom stereocenters. The molecule has 3 rings (SSSR count). The number of carbonyl (C=O) groups is 2. The van der Waals surface area contributed by atoms with Crippen molar-refractivity contribution in [3.05, 3.63) is 35.9 Å². The number of piperidine rings is 1. The Balaban J connectivity index is 1.67. The molecule has 2 aliphatic rings. The van der Waals surface area contributed by atoms with Crippen LogP contribution >= 0.6 is 0 Å². The van der Waals surface area contributed by atoms with Gasteiger partial charge in [0.05, 0.1) is 11.5 Å². The number of carbonyl (C=O) groups excluding carboxylic acids is 1. The topological polar surface area (TPSA) is 87.1 Å². The summed E-state index contributed by atoms with van der Waals surface area (Å²) < 4.78 is 5.31. The van der Waals surface area contributed by atoms with Crippen LogP contribution < -0.4 is 0 Å². The van der Waals surface area contributed by atoms with Crippen LogP contribution in [0.1, 0.15) is 24.8 Å². The molecular weight excluding hydrogens is 298 g/mol. The average molecular weight is 319 g/mol. The van der Waals surface area contributed by atoms with E-state index < -0.39 is 23.6 Å². The molecule has 1 aliphatic carbocycles. The molecule has 2 bridgehead atoms. The van der Waals surface area contributed by atoms with E-state index in [-0.39, 0.29) is 19.1 Å². The van der Waals surface area contributed by atoms with Crippen LogP contribution in [0.4, 0.5) is 4.79 Å². The molecule has 23 heavy (non-hydrogen) atoms. The Labute approximate surface area is 134 Å². The summed E-state index contributed by atoms with van der Waals surface area (Å²) in [5.74, 6) is -1.09. The van der Waals surface area contributed by atoms with Gasteiger partial charge in [-0.15, -0.1) is 0 Å². The summed E-state index contributed by atoms with van der Waals surface area (Å²) in [4.78, 5) is 25.4. The maximum atomic E-state index is 12.3. The van der Waals surface area contributed by atoms with Crippen LogP contribution in [-0.4, -0.2) is 46.4 Å². The second-order valence-electron chi connectivity index (χ2n) is 6.58. The maximum Gasteiger partial charge on any atom is 0.410 e. The lowest BCUT2D eigenvalue weighted by atomic mass is 9.65. The first-order valence-corrected chi connectivity index (χ1v) is 7.87. The van der Waals surface area contributed by atoms with Crippen molar-refractivity contribution in [2.24, 2.45) is 11.3 Å². The minimum atomic E-state index is -0.950. The summed E-state index contributed by atoms with van der Waals surface area (Å²) in [5, 5.41) is 19.6. The van der Waals surface area contributed by atoms with Crippen molar-refractivity contribution >= 4 is 12.1 Å². The van der Waals surface area contributed by atoms with Crippen molar-refractivity contribution < 1.29 is 24.5 Å². The quantitative estimate of drug-likeness (QED) is 0.888. The Hall–Kier alpha value is -2.08. The monoisotopic (exact) mass is 319 g/mol. The first-order chi connectivity index (χ1) is 11.0. The Bertz CT molecular complexity index is 590. The highest BCUT2D eigenvalue weighted by atomic mass is 16.6. The maximum absolute atomic E-state index is 12.3. The number of nitrogens with zero attached hydrogens (tertiary/aromatic N) is 1. The molecule has 1 saturated heterocycles. The summed E-state index contributed by atoms with van der Waals surface area (Å²) in [7, 11) is 0. The molecule has 1 saturated carbocycles. The summed E-state index contributed by atoms with van der Waals surface area (Å²) >= 11 is 0. The number of carboxylic acids is 1. The van der Waals surface area contributed by atoms with Crippen LogP contribution in [0, 0.1) is 11.3 Å². The van der Waals surface area contributed by atoms with Crippen LogP contribution in [0.5, 0.6) is 0 Å². The summed E-state index contributed by atoms with van der Waals surface area (Å²) in [6, 6.07) is 9.34. The van der Waals surface area contributed by atoms with E-state index in [1.54, 1.807) is 0 Å². The fourth-order valence-corrected chi connectivity index (χ4v) is 3.65. The van der Waals surface area contributed by atoms with E-state index in [1.807, 2.05) is 30.3 Å². The van der Waals surface area contributed by atoms with Gasteiger partial charge in [-0.25, -0.2) is 4.79 Å². The average Bonchev–Trinajstić information content (AvgIpc) is 2.57. The van der Waals surface area contributed by atoms with E-state index in [0.717, 1.165) is 5.56 Å². The van der Waals surface area contributed by atoms with Crippen molar-refractivity contribution in [1.82, 2.24) is 4.90 Å². The Kier molecular flexibility index (Phi) is 4.26. The molecule has 0 aromatic heterocycles. The number of benzene rings is 1. The molecule has 0 spiro atoms. The summed E-state index contributed by atoms with van der Waals surface area (Å²) in [6.45, 7) is 0.659. The van der Waals surface area contributed by atoms with E-state index in [4.69, 9.17) is 4.74 Å². The van der Waals surface area contributed by atoms with Gasteiger partial charge in [-0.05, 0) is 24.8 Å². The molecule has 1 aliphatic heterocycles. The minimum Gasteiger partial charge on any atom is -0.481 e. The van der Waals surface area contributed by atoms with Crippen molar-refractivity contribution in [2.45, 2.75) is 32.0 Å². The van der Waals surface area contributed by atoms with Gasteiger partial charge >= 0.3 is 12.1 Å². The molecule has 1 aromatic carbocycles. The molecule has 0 radical (unpaired) electrons. The van der Waals surface area contributed by atoms with Gasteiger partial charge in [-0.1, -0.05) is 30.3 Å². The van der Waals surface area contributed by atoms with Crippen LogP contribution in [0.25, 0.3) is 0 Å². The highest BCUT2D eigenvalue weighted by molar-refractivity contribution is 5.77. The summed E-state index contributed by atoms with van der Waals surface area (Å²) in [5.41, 5.74) is -0.0699. The van der Waals surface area contributed by atoms with E-state index in [1.165, 1.54) is 4.90 Å². The predicted molar refractivity (Wildman–Crippen MR) is 81.6 cm³/mol. The van der Waals surface area contributed by atoms with Gasteiger partial charge in [0.2, 0.25) is 0 Å². The van der Waals surface area contributed by atoms with Gasteiger partial charge in [0.15, 0.2) is 0 Å². The zero-order valence-corrected chi connectivity index (χ0v) is 12.9. The lowest BCUT2D eigenvalue weighted by Crippen LogP contribution is -2.58. The number of ether oxygens (including phenoxy) is 1. The van der Waals surface area contributed by atoms with Crippen molar-refractivity contribution in [3.63, 3.8) is 0 Å². The number of hydrogen-bond acceptors (Lipinski definition) is 4. The van der Waals surface area contributed by atoms with E-state index in [9.17, 15) is 19.8 Å². The molecule has 124 valence electrons. The Morgan fingerprint density at radius 3 is 2.74 bits per heavy atom. The van der Waals surface area contributed by atoms with E-state index in [0.29, 0.717) is 25.8 Å². The minimum absolute atomic E-state index is 0.152. The molecule has 2 N–H and O–H groups in total. The lowest BCUT2D eigenvalue weighted by molar-refractivity contribution is -0.160. The number of rotatable bonds is 3. The zero-order chi connectivity index (χ0) is 16.4. The summed E-state index contributed by atoms with van der Waals surface area (Å²) in [6.07, 6.45) is 0.226. The van der Waals surface area contributed by atoms with Gasteiger partial charge in [0.25, 0.3) is 0 Å². The number of fused-ring (bicyclic) bond motifs is 2. The third-order valence-corrected chi connectivity index (χ3v) is 4.98. The molecule has 1 amide bonds. The Morgan fingerprint density at radius 1 is 1.30 bits per heavy atom. The smallest absolute Gasteiger partial charge is 0.410 e. The molecule has 6 nitrogen and oxygen atoms in total. The Morgan fingerprint density at radius 2 is 2.04 bits per heavy atom. The number of amides is 1. The van der Waals surface area contributed by atoms with Crippen molar-refractivity contribution in [3.8, 4) is 0 Å². The SMILES string of the molecule is O=C(OCc1ccccc1)N1C[C@H]2C[C@](C(=O)O)(CC[C@H]2O)C1. The van der Waals surface area contributed by atoms with Gasteiger partial charge in [-0.2, -0.15) is 0 Å². The van der Waals surface area contributed by atoms with E-state index >= 15 is 0 Å². The number of aliphatic hydroxyl groups excluding tert-OH is 1. The third kappa shape index (κ3) is 3.17. The van der Waals surface area contributed by atoms with Crippen LogP contribution in [-0.2, 0) is 16.1 Å². The molecule has 6 heteroatoms. The predicted octanol–water partition coefficient (Wildman–Crippen LogP) is 1.87. The number of carboxylic acid groups (broad SMARTS) is 1. The second kappa shape index (κ2) is 6.20. The van der Waals surface area contributed by atoms with Gasteiger partial charge in [-0.3, -0.25) is 4.79 Å². The van der Waals surface area contributed by atoms with Crippen molar-refractivity contribution in [2.75, 3.05) is 13.1 Å². The highest BCUT2D eigenvalue weighted by Crippen LogP contribution is 2.44. The molecule has 1 aromatic rings. The number of aliphatic carboxylic acids is 1. The molecule has 3 atom stereocenters. The first kappa shape index (κ1) is 15.8. The highest BCUT2D eigenvalue weighted by Gasteiger charge is 2.51. The molecular formula is C17H21NO5. The van der Waals surface area contributed by atoms with Gasteiger partial charge < -0.3 is 19.8 Å². The largest absolute Gasteiger partial charge is 0.481 e. The van der Waals surface area contributed by atoms with E-state index in [2.05, 4.69) is 0 Å². The third-order valence-electron chi connectivity index (χ3n) is 4.98. The van der Waals surface area contributed by atoms with Crippen LogP contribution in [0.3, 0.4) is 0 Å². The van der Waals surface area contributed by atoms with Gasteiger partial charge in [0, 0.05) is 19.0 Å². The number of aliphatic hydroxyl groups is 1. The molecule has 1 heterocycles.